The van der Waals surface area contributed by atoms with Gasteiger partial charge >= 0.3 is 6.03 Å². The van der Waals surface area contributed by atoms with Crippen LogP contribution in [-0.4, -0.2) is 53.3 Å². The van der Waals surface area contributed by atoms with Crippen LogP contribution in [0.15, 0.2) is 47.8 Å². The third-order valence-electron chi connectivity index (χ3n) is 5.45. The summed E-state index contributed by atoms with van der Waals surface area (Å²) in [5.41, 5.74) is 1.10. The van der Waals surface area contributed by atoms with Crippen LogP contribution < -0.4 is 0 Å². The van der Waals surface area contributed by atoms with E-state index in [4.69, 9.17) is 0 Å². The quantitative estimate of drug-likeness (QED) is 0.666. The van der Waals surface area contributed by atoms with Crippen molar-refractivity contribution in [1.29, 1.82) is 0 Å². The Hall–Kier alpha value is -2.34. The van der Waals surface area contributed by atoms with Crippen LogP contribution in [0.4, 0.5) is 4.79 Å². The molecule has 1 heterocycles. The first kappa shape index (κ1) is 21.4. The van der Waals surface area contributed by atoms with Crippen LogP contribution in [0.25, 0.3) is 0 Å². The molecule has 0 bridgehead atoms. The van der Waals surface area contributed by atoms with Gasteiger partial charge in [0.2, 0.25) is 5.91 Å². The standard InChI is InChI=1S/C23H31N3O2S/c1-24(2)23(28)26(20-12-7-4-8-13-20)18-22(27)25(17-21-14-9-15-29-21)16-19-10-5-3-6-11-19/h3,5-6,9-11,14-15,20H,4,7-8,12-13,16-18H2,1-2H3. The summed E-state index contributed by atoms with van der Waals surface area (Å²) in [6.45, 7) is 1.26. The Kier molecular flexibility index (Phi) is 7.69. The number of carbonyl (C=O) groups excluding carboxylic acids is 2. The Bertz CT molecular complexity index is 771. The second-order valence-electron chi connectivity index (χ2n) is 7.91. The molecule has 29 heavy (non-hydrogen) atoms. The maximum Gasteiger partial charge on any atom is 0.320 e. The Morgan fingerprint density at radius 2 is 1.69 bits per heavy atom. The lowest BCUT2D eigenvalue weighted by atomic mass is 9.94. The third-order valence-corrected chi connectivity index (χ3v) is 6.31. The molecule has 1 aliphatic carbocycles. The molecule has 1 fully saturated rings. The van der Waals surface area contributed by atoms with Gasteiger partial charge in [-0.3, -0.25) is 4.79 Å². The monoisotopic (exact) mass is 413 g/mol. The maximum absolute atomic E-state index is 13.4. The van der Waals surface area contributed by atoms with Gasteiger partial charge in [0.05, 0.1) is 6.54 Å². The number of urea groups is 1. The second kappa shape index (κ2) is 10.4. The van der Waals surface area contributed by atoms with E-state index in [9.17, 15) is 9.59 Å². The van der Waals surface area contributed by atoms with E-state index in [1.54, 1.807) is 35.2 Å². The molecule has 0 N–H and O–H groups in total. The van der Waals surface area contributed by atoms with Crippen LogP contribution >= 0.6 is 11.3 Å². The molecule has 1 aromatic heterocycles. The van der Waals surface area contributed by atoms with Crippen molar-refractivity contribution in [2.45, 2.75) is 51.2 Å². The van der Waals surface area contributed by atoms with Gasteiger partial charge in [-0.15, -0.1) is 11.3 Å². The summed E-state index contributed by atoms with van der Waals surface area (Å²) in [5, 5.41) is 2.03. The molecule has 1 saturated carbocycles. The first-order chi connectivity index (χ1) is 14.0. The van der Waals surface area contributed by atoms with Gasteiger partial charge in [-0.25, -0.2) is 4.79 Å². The summed E-state index contributed by atoms with van der Waals surface area (Å²) in [6, 6.07) is 14.2. The Balaban J connectivity index is 1.77. The van der Waals surface area contributed by atoms with Gasteiger partial charge in [-0.1, -0.05) is 55.7 Å². The average Bonchev–Trinajstić information content (AvgIpc) is 3.25. The van der Waals surface area contributed by atoms with Crippen molar-refractivity contribution in [1.82, 2.24) is 14.7 Å². The van der Waals surface area contributed by atoms with Crippen molar-refractivity contribution in [2.75, 3.05) is 20.6 Å². The average molecular weight is 414 g/mol. The number of hydrogen-bond donors (Lipinski definition) is 0. The number of amides is 3. The van der Waals surface area contributed by atoms with Crippen LogP contribution in [0.3, 0.4) is 0 Å². The molecule has 5 nitrogen and oxygen atoms in total. The van der Waals surface area contributed by atoms with E-state index in [2.05, 4.69) is 6.07 Å². The van der Waals surface area contributed by atoms with Crippen LogP contribution in [0.2, 0.25) is 0 Å². The van der Waals surface area contributed by atoms with Gasteiger partial charge in [-0.2, -0.15) is 0 Å². The number of hydrogen-bond acceptors (Lipinski definition) is 3. The third kappa shape index (κ3) is 6.07. The van der Waals surface area contributed by atoms with Gasteiger partial charge in [0.25, 0.3) is 0 Å². The topological polar surface area (TPSA) is 43.9 Å². The number of rotatable bonds is 7. The molecule has 0 aliphatic heterocycles. The van der Waals surface area contributed by atoms with E-state index in [1.165, 1.54) is 6.42 Å². The van der Waals surface area contributed by atoms with Gasteiger partial charge in [0.1, 0.15) is 6.54 Å². The molecular weight excluding hydrogens is 382 g/mol. The van der Waals surface area contributed by atoms with Gasteiger partial charge in [0, 0.05) is 31.6 Å². The highest BCUT2D eigenvalue weighted by molar-refractivity contribution is 7.09. The summed E-state index contributed by atoms with van der Waals surface area (Å²) in [4.78, 5) is 32.6. The number of carbonyl (C=O) groups is 2. The van der Waals surface area contributed by atoms with Crippen LogP contribution in [0.1, 0.15) is 42.5 Å². The van der Waals surface area contributed by atoms with E-state index in [1.807, 2.05) is 46.7 Å². The number of benzene rings is 1. The molecule has 3 rings (SSSR count). The van der Waals surface area contributed by atoms with Crippen molar-refractivity contribution in [3.05, 3.63) is 58.3 Å². The Morgan fingerprint density at radius 1 is 0.966 bits per heavy atom. The van der Waals surface area contributed by atoms with E-state index in [0.717, 1.165) is 36.1 Å². The van der Waals surface area contributed by atoms with Gasteiger partial charge in [-0.05, 0) is 29.9 Å². The zero-order chi connectivity index (χ0) is 20.6. The minimum Gasteiger partial charge on any atom is -0.332 e. The number of thiophene rings is 1. The molecule has 0 saturated heterocycles. The summed E-state index contributed by atoms with van der Waals surface area (Å²) >= 11 is 1.65. The SMILES string of the molecule is CN(C)C(=O)N(CC(=O)N(Cc1ccccc1)Cc1cccs1)C1CCCCC1. The van der Waals surface area contributed by atoms with Crippen LogP contribution in [0.5, 0.6) is 0 Å². The summed E-state index contributed by atoms with van der Waals surface area (Å²) in [7, 11) is 3.52. The minimum absolute atomic E-state index is 0.00280. The number of nitrogens with zero attached hydrogens (tertiary/aromatic N) is 3. The molecule has 0 atom stereocenters. The second-order valence-corrected chi connectivity index (χ2v) is 8.94. The van der Waals surface area contributed by atoms with Crippen molar-refractivity contribution in [2.24, 2.45) is 0 Å². The molecule has 1 aromatic carbocycles. The molecule has 2 aromatic rings. The largest absolute Gasteiger partial charge is 0.332 e. The summed E-state index contributed by atoms with van der Waals surface area (Å²) in [6.07, 6.45) is 5.43. The molecular formula is C23H31N3O2S. The first-order valence-electron chi connectivity index (χ1n) is 10.4. The highest BCUT2D eigenvalue weighted by Crippen LogP contribution is 2.24. The smallest absolute Gasteiger partial charge is 0.320 e. The molecule has 0 radical (unpaired) electrons. The van der Waals surface area contributed by atoms with E-state index >= 15 is 0 Å². The molecule has 156 valence electrons. The van der Waals surface area contributed by atoms with Gasteiger partial charge < -0.3 is 14.7 Å². The summed E-state index contributed by atoms with van der Waals surface area (Å²) < 4.78 is 0. The fraction of sp³-hybridized carbons (Fsp3) is 0.478. The lowest BCUT2D eigenvalue weighted by Gasteiger charge is -2.36. The summed E-state index contributed by atoms with van der Waals surface area (Å²) in [5.74, 6) is 0.00280. The predicted octanol–water partition coefficient (Wildman–Crippen LogP) is 4.59. The Morgan fingerprint density at radius 3 is 2.31 bits per heavy atom. The fourth-order valence-electron chi connectivity index (χ4n) is 3.87. The molecule has 1 aliphatic rings. The van der Waals surface area contributed by atoms with E-state index in [0.29, 0.717) is 13.1 Å². The lowest BCUT2D eigenvalue weighted by Crippen LogP contribution is -2.51. The van der Waals surface area contributed by atoms with Crippen molar-refractivity contribution >= 4 is 23.3 Å². The minimum atomic E-state index is -0.0685. The van der Waals surface area contributed by atoms with Crippen LogP contribution in [0, 0.1) is 0 Å². The molecule has 6 heteroatoms. The van der Waals surface area contributed by atoms with Crippen molar-refractivity contribution in [3.63, 3.8) is 0 Å². The van der Waals surface area contributed by atoms with Gasteiger partial charge in [0.15, 0.2) is 0 Å². The molecule has 0 spiro atoms. The van der Waals surface area contributed by atoms with E-state index in [-0.39, 0.29) is 24.5 Å². The predicted molar refractivity (Wildman–Crippen MR) is 118 cm³/mol. The zero-order valence-corrected chi connectivity index (χ0v) is 18.2. The maximum atomic E-state index is 13.4. The Labute approximate surface area is 177 Å². The van der Waals surface area contributed by atoms with E-state index < -0.39 is 0 Å². The van der Waals surface area contributed by atoms with Crippen molar-refractivity contribution < 1.29 is 9.59 Å². The van der Waals surface area contributed by atoms with Crippen molar-refractivity contribution in [3.8, 4) is 0 Å². The molecule has 3 amide bonds. The lowest BCUT2D eigenvalue weighted by molar-refractivity contribution is -0.133. The normalized spacial score (nSPS) is 14.4. The fourth-order valence-corrected chi connectivity index (χ4v) is 4.59. The highest BCUT2D eigenvalue weighted by atomic mass is 32.1. The first-order valence-corrected chi connectivity index (χ1v) is 11.2. The highest BCUT2D eigenvalue weighted by Gasteiger charge is 2.30. The molecule has 0 unspecified atom stereocenters. The van der Waals surface area contributed by atoms with Crippen LogP contribution in [-0.2, 0) is 17.9 Å². The zero-order valence-electron chi connectivity index (χ0n) is 17.4.